The van der Waals surface area contributed by atoms with Gasteiger partial charge in [0.2, 0.25) is 0 Å². The number of halogens is 2. The number of hydrogen-bond acceptors (Lipinski definition) is 1. The molecule has 0 fully saturated rings. The molecule has 0 spiro atoms. The Balaban J connectivity index is 3.04. The minimum absolute atomic E-state index is 0.308. The van der Waals surface area contributed by atoms with E-state index in [0.29, 0.717) is 11.1 Å². The second-order valence-electron chi connectivity index (χ2n) is 1.60. The Kier molecular flexibility index (Phi) is 1.85. The van der Waals surface area contributed by atoms with Crippen LogP contribution in [0.2, 0.25) is 0 Å². The Hall–Kier alpha value is -0.380. The highest BCUT2D eigenvalue weighted by Crippen LogP contribution is 2.12. The summed E-state index contributed by atoms with van der Waals surface area (Å²) in [5.74, 6) is -0.308. The van der Waals surface area contributed by atoms with Gasteiger partial charge in [0.15, 0.2) is 5.82 Å². The number of hydrogen-bond donors (Lipinski definition) is 0. The van der Waals surface area contributed by atoms with E-state index in [-0.39, 0.29) is 5.82 Å². The zero-order valence-corrected chi connectivity index (χ0v) is 6.52. The van der Waals surface area contributed by atoms with Crippen molar-refractivity contribution in [3.05, 3.63) is 16.6 Å². The number of aromatic nitrogens is 2. The summed E-state index contributed by atoms with van der Waals surface area (Å²) in [4.78, 5) is 0. The largest absolute Gasteiger partial charge is 0.256 e. The maximum atomic E-state index is 12.4. The predicted molar refractivity (Wildman–Crippen MR) is 35.6 cm³/mol. The van der Waals surface area contributed by atoms with E-state index in [1.807, 2.05) is 6.92 Å². The van der Waals surface area contributed by atoms with Gasteiger partial charge in [-0.25, -0.2) is 4.39 Å². The molecule has 0 saturated heterocycles. The lowest BCUT2D eigenvalue weighted by Gasteiger charge is -1.93. The van der Waals surface area contributed by atoms with Gasteiger partial charge in [-0.2, -0.15) is 5.10 Å². The lowest BCUT2D eigenvalue weighted by Crippen LogP contribution is -1.95. The molecule has 0 N–H and O–H groups in total. The van der Waals surface area contributed by atoms with E-state index < -0.39 is 0 Å². The monoisotopic (exact) mass is 192 g/mol. The average molecular weight is 193 g/mol. The molecular formula is C5H6BrFN2. The van der Waals surface area contributed by atoms with Crippen molar-refractivity contribution >= 4 is 15.9 Å². The van der Waals surface area contributed by atoms with Gasteiger partial charge in [-0.05, 0) is 22.9 Å². The van der Waals surface area contributed by atoms with Crippen molar-refractivity contribution in [2.75, 3.05) is 0 Å². The minimum Gasteiger partial charge on any atom is -0.256 e. The molecule has 1 rings (SSSR count). The summed E-state index contributed by atoms with van der Waals surface area (Å²) in [5.41, 5.74) is 0. The highest BCUT2D eigenvalue weighted by Gasteiger charge is 2.03. The maximum absolute atomic E-state index is 12.4. The molecule has 1 heterocycles. The molecular weight excluding hydrogens is 187 g/mol. The van der Waals surface area contributed by atoms with Gasteiger partial charge in [-0.1, -0.05) is 0 Å². The second-order valence-corrected chi connectivity index (χ2v) is 2.35. The second kappa shape index (κ2) is 2.47. The quantitative estimate of drug-likeness (QED) is 0.664. The molecule has 0 aliphatic heterocycles. The van der Waals surface area contributed by atoms with Gasteiger partial charge in [-0.15, -0.1) is 0 Å². The number of rotatable bonds is 1. The highest BCUT2D eigenvalue weighted by molar-refractivity contribution is 9.10. The standard InChI is InChI=1S/C5H6BrFN2/c1-2-9-5(6)4(7)3-8-9/h3H,2H2,1H3. The fourth-order valence-electron chi connectivity index (χ4n) is 0.568. The third kappa shape index (κ3) is 1.13. The fourth-order valence-corrected chi connectivity index (χ4v) is 1.01. The van der Waals surface area contributed by atoms with Crippen LogP contribution in [-0.2, 0) is 6.54 Å². The minimum atomic E-state index is -0.308. The van der Waals surface area contributed by atoms with Crippen molar-refractivity contribution in [1.82, 2.24) is 9.78 Å². The molecule has 0 radical (unpaired) electrons. The van der Waals surface area contributed by atoms with E-state index in [4.69, 9.17) is 0 Å². The van der Waals surface area contributed by atoms with E-state index in [1.54, 1.807) is 0 Å². The number of aryl methyl sites for hydroxylation is 1. The summed E-state index contributed by atoms with van der Waals surface area (Å²) in [5, 5.41) is 3.73. The molecule has 0 atom stereocenters. The van der Waals surface area contributed by atoms with Crippen molar-refractivity contribution in [2.24, 2.45) is 0 Å². The first-order valence-electron chi connectivity index (χ1n) is 2.62. The van der Waals surface area contributed by atoms with Gasteiger partial charge in [0.05, 0.1) is 6.20 Å². The van der Waals surface area contributed by atoms with Crippen LogP contribution in [0.5, 0.6) is 0 Å². The molecule has 0 aliphatic rings. The SMILES string of the molecule is CCn1ncc(F)c1Br. The van der Waals surface area contributed by atoms with Crippen LogP contribution < -0.4 is 0 Å². The van der Waals surface area contributed by atoms with Crippen molar-refractivity contribution in [3.8, 4) is 0 Å². The van der Waals surface area contributed by atoms with E-state index in [1.165, 1.54) is 10.9 Å². The molecule has 9 heavy (non-hydrogen) atoms. The summed E-state index contributed by atoms with van der Waals surface area (Å²) in [6, 6.07) is 0. The van der Waals surface area contributed by atoms with Gasteiger partial charge in [0, 0.05) is 6.54 Å². The summed E-state index contributed by atoms with van der Waals surface area (Å²) >= 11 is 3.04. The van der Waals surface area contributed by atoms with Gasteiger partial charge in [0.25, 0.3) is 0 Å². The normalized spacial score (nSPS) is 10.1. The van der Waals surface area contributed by atoms with Crippen LogP contribution in [-0.4, -0.2) is 9.78 Å². The van der Waals surface area contributed by atoms with Crippen LogP contribution in [0.1, 0.15) is 6.92 Å². The van der Waals surface area contributed by atoms with Crippen LogP contribution in [0.4, 0.5) is 4.39 Å². The van der Waals surface area contributed by atoms with Crippen molar-refractivity contribution < 1.29 is 4.39 Å². The summed E-state index contributed by atoms with van der Waals surface area (Å²) in [6.07, 6.45) is 1.19. The molecule has 0 aromatic carbocycles. The molecule has 1 aromatic rings. The smallest absolute Gasteiger partial charge is 0.175 e. The highest BCUT2D eigenvalue weighted by atomic mass is 79.9. The van der Waals surface area contributed by atoms with Crippen molar-refractivity contribution in [2.45, 2.75) is 13.5 Å². The van der Waals surface area contributed by atoms with Crippen LogP contribution in [0, 0.1) is 5.82 Å². The molecule has 2 nitrogen and oxygen atoms in total. The average Bonchev–Trinajstić information content (AvgIpc) is 2.15. The van der Waals surface area contributed by atoms with Crippen molar-refractivity contribution in [1.29, 1.82) is 0 Å². The Morgan fingerprint density at radius 1 is 1.89 bits per heavy atom. The fraction of sp³-hybridized carbons (Fsp3) is 0.400. The van der Waals surface area contributed by atoms with Gasteiger partial charge in [0.1, 0.15) is 4.60 Å². The lowest BCUT2D eigenvalue weighted by atomic mass is 10.7. The van der Waals surface area contributed by atoms with Crippen LogP contribution in [0.15, 0.2) is 10.8 Å². The van der Waals surface area contributed by atoms with Crippen molar-refractivity contribution in [3.63, 3.8) is 0 Å². The third-order valence-electron chi connectivity index (χ3n) is 1.03. The molecule has 0 aliphatic carbocycles. The first kappa shape index (κ1) is 6.74. The summed E-state index contributed by atoms with van der Waals surface area (Å²) in [6.45, 7) is 2.59. The summed E-state index contributed by atoms with van der Waals surface area (Å²) in [7, 11) is 0. The maximum Gasteiger partial charge on any atom is 0.175 e. The molecule has 0 unspecified atom stereocenters. The lowest BCUT2D eigenvalue weighted by molar-refractivity contribution is 0.599. The van der Waals surface area contributed by atoms with Crippen LogP contribution in [0.3, 0.4) is 0 Å². The van der Waals surface area contributed by atoms with E-state index in [0.717, 1.165) is 0 Å². The predicted octanol–water partition coefficient (Wildman–Crippen LogP) is 1.80. The first-order valence-corrected chi connectivity index (χ1v) is 3.41. The van der Waals surface area contributed by atoms with E-state index in [2.05, 4.69) is 21.0 Å². The molecule has 4 heteroatoms. The van der Waals surface area contributed by atoms with Crippen LogP contribution >= 0.6 is 15.9 Å². The van der Waals surface area contributed by atoms with E-state index >= 15 is 0 Å². The Morgan fingerprint density at radius 2 is 2.56 bits per heavy atom. The van der Waals surface area contributed by atoms with Gasteiger partial charge >= 0.3 is 0 Å². The molecule has 1 aromatic heterocycles. The zero-order chi connectivity index (χ0) is 6.85. The molecule has 50 valence electrons. The Bertz CT molecular complexity index is 209. The van der Waals surface area contributed by atoms with Crippen LogP contribution in [0.25, 0.3) is 0 Å². The Morgan fingerprint density at radius 3 is 2.78 bits per heavy atom. The summed E-state index contributed by atoms with van der Waals surface area (Å²) < 4.78 is 14.4. The molecule has 0 bridgehead atoms. The Labute approximate surface area is 60.8 Å². The molecule has 0 amide bonds. The molecule has 0 saturated carbocycles. The first-order chi connectivity index (χ1) is 4.25. The number of nitrogens with zero attached hydrogens (tertiary/aromatic N) is 2. The van der Waals surface area contributed by atoms with Gasteiger partial charge < -0.3 is 0 Å². The van der Waals surface area contributed by atoms with E-state index in [9.17, 15) is 4.39 Å². The van der Waals surface area contributed by atoms with Gasteiger partial charge in [-0.3, -0.25) is 4.68 Å². The zero-order valence-electron chi connectivity index (χ0n) is 4.93. The third-order valence-corrected chi connectivity index (χ3v) is 1.82. The topological polar surface area (TPSA) is 17.8 Å².